The Hall–Kier alpha value is -1.06. The first-order valence-corrected chi connectivity index (χ1v) is 7.55. The molecule has 1 fully saturated rings. The number of fused-ring (bicyclic) bond motifs is 1. The topological polar surface area (TPSA) is 38.5 Å². The van der Waals surface area contributed by atoms with Crippen LogP contribution in [0.2, 0.25) is 0 Å². The van der Waals surface area contributed by atoms with Crippen LogP contribution in [0, 0.1) is 0 Å². The molecule has 1 aromatic rings. The lowest BCUT2D eigenvalue weighted by molar-refractivity contribution is 0.265. The van der Waals surface area contributed by atoms with Crippen molar-refractivity contribution < 1.29 is 4.74 Å². The molecule has 0 atom stereocenters. The average Bonchev–Trinajstić information content (AvgIpc) is 3.16. The summed E-state index contributed by atoms with van der Waals surface area (Å²) in [7, 11) is 0. The van der Waals surface area contributed by atoms with Crippen LogP contribution in [0.25, 0.3) is 0 Å². The summed E-state index contributed by atoms with van der Waals surface area (Å²) in [5.74, 6) is 1.09. The van der Waals surface area contributed by atoms with Gasteiger partial charge in [0.15, 0.2) is 0 Å². The Labute approximate surface area is 115 Å². The Morgan fingerprint density at radius 2 is 2.16 bits per heavy atom. The molecule has 3 heteroatoms. The van der Waals surface area contributed by atoms with Crippen LogP contribution in [-0.2, 0) is 12.8 Å². The van der Waals surface area contributed by atoms with Gasteiger partial charge in [0.2, 0.25) is 0 Å². The van der Waals surface area contributed by atoms with Crippen molar-refractivity contribution in [1.82, 2.24) is 4.90 Å². The zero-order valence-corrected chi connectivity index (χ0v) is 11.6. The summed E-state index contributed by atoms with van der Waals surface area (Å²) < 4.78 is 5.56. The number of hydrogen-bond acceptors (Lipinski definition) is 3. The molecule has 0 spiro atoms. The molecule has 0 aromatic heterocycles. The van der Waals surface area contributed by atoms with Gasteiger partial charge in [-0.05, 0) is 56.0 Å². The quantitative estimate of drug-likeness (QED) is 0.814. The first-order valence-electron chi connectivity index (χ1n) is 7.55. The van der Waals surface area contributed by atoms with E-state index in [9.17, 15) is 0 Å². The van der Waals surface area contributed by atoms with Gasteiger partial charge in [0.1, 0.15) is 5.75 Å². The van der Waals surface area contributed by atoms with Crippen LogP contribution in [0.1, 0.15) is 30.4 Å². The highest BCUT2D eigenvalue weighted by Crippen LogP contribution is 2.28. The maximum Gasteiger partial charge on any atom is 0.122 e. The highest BCUT2D eigenvalue weighted by atomic mass is 16.5. The van der Waals surface area contributed by atoms with E-state index in [0.717, 1.165) is 50.8 Å². The smallest absolute Gasteiger partial charge is 0.122 e. The number of ether oxygens (including phenoxy) is 1. The lowest BCUT2D eigenvalue weighted by Crippen LogP contribution is -2.30. The SMILES string of the molecule is NCCCN(CCc1ccc2c(c1)CCO2)C1CC1. The van der Waals surface area contributed by atoms with Crippen molar-refractivity contribution in [2.45, 2.75) is 38.1 Å². The largest absolute Gasteiger partial charge is 0.493 e. The second-order valence-corrected chi connectivity index (χ2v) is 5.70. The predicted molar refractivity (Wildman–Crippen MR) is 77.6 cm³/mol. The monoisotopic (exact) mass is 260 g/mol. The molecule has 1 saturated carbocycles. The number of rotatable bonds is 7. The maximum absolute atomic E-state index is 5.63. The van der Waals surface area contributed by atoms with Crippen molar-refractivity contribution in [2.75, 3.05) is 26.2 Å². The molecule has 1 heterocycles. The molecular weight excluding hydrogens is 236 g/mol. The van der Waals surface area contributed by atoms with E-state index >= 15 is 0 Å². The summed E-state index contributed by atoms with van der Waals surface area (Å²) in [6, 6.07) is 7.53. The van der Waals surface area contributed by atoms with Gasteiger partial charge < -0.3 is 15.4 Å². The van der Waals surface area contributed by atoms with Crippen molar-refractivity contribution >= 4 is 0 Å². The van der Waals surface area contributed by atoms with Gasteiger partial charge in [0.25, 0.3) is 0 Å². The summed E-state index contributed by atoms with van der Waals surface area (Å²) in [6.07, 6.45) is 6.09. The molecule has 19 heavy (non-hydrogen) atoms. The molecule has 1 aliphatic carbocycles. The third-order valence-electron chi connectivity index (χ3n) is 4.15. The Bertz CT molecular complexity index is 429. The van der Waals surface area contributed by atoms with Crippen LogP contribution in [0.3, 0.4) is 0 Å². The first-order chi connectivity index (χ1) is 9.36. The zero-order chi connectivity index (χ0) is 13.1. The molecular formula is C16H24N2O. The highest BCUT2D eigenvalue weighted by molar-refractivity contribution is 5.39. The minimum absolute atomic E-state index is 0.805. The number of nitrogens with two attached hydrogens (primary N) is 1. The van der Waals surface area contributed by atoms with Gasteiger partial charge in [0, 0.05) is 19.0 Å². The Balaban J connectivity index is 1.55. The molecule has 1 aliphatic heterocycles. The van der Waals surface area contributed by atoms with Crippen LogP contribution in [0.4, 0.5) is 0 Å². The van der Waals surface area contributed by atoms with Crippen LogP contribution >= 0.6 is 0 Å². The van der Waals surface area contributed by atoms with Crippen molar-refractivity contribution in [2.24, 2.45) is 5.73 Å². The molecule has 0 amide bonds. The van der Waals surface area contributed by atoms with Crippen molar-refractivity contribution in [3.05, 3.63) is 29.3 Å². The molecule has 2 N–H and O–H groups in total. The second-order valence-electron chi connectivity index (χ2n) is 5.70. The Morgan fingerprint density at radius 3 is 2.95 bits per heavy atom. The molecule has 1 aromatic carbocycles. The summed E-state index contributed by atoms with van der Waals surface area (Å²) in [4.78, 5) is 2.62. The molecule has 3 rings (SSSR count). The summed E-state index contributed by atoms with van der Waals surface area (Å²) in [5.41, 5.74) is 8.46. The van der Waals surface area contributed by atoms with Gasteiger partial charge in [-0.3, -0.25) is 0 Å². The van der Waals surface area contributed by atoms with E-state index in [-0.39, 0.29) is 0 Å². The van der Waals surface area contributed by atoms with Crippen LogP contribution in [0.5, 0.6) is 5.75 Å². The normalized spacial score (nSPS) is 17.6. The molecule has 3 nitrogen and oxygen atoms in total. The summed E-state index contributed by atoms with van der Waals surface area (Å²) in [5, 5.41) is 0. The molecule has 0 bridgehead atoms. The van der Waals surface area contributed by atoms with E-state index in [1.54, 1.807) is 0 Å². The van der Waals surface area contributed by atoms with Gasteiger partial charge in [-0.25, -0.2) is 0 Å². The van der Waals surface area contributed by atoms with Gasteiger partial charge >= 0.3 is 0 Å². The Kier molecular flexibility index (Phi) is 4.04. The minimum atomic E-state index is 0.805. The van der Waals surface area contributed by atoms with Gasteiger partial charge in [-0.2, -0.15) is 0 Å². The van der Waals surface area contributed by atoms with Gasteiger partial charge in [0.05, 0.1) is 6.61 Å². The fraction of sp³-hybridized carbons (Fsp3) is 0.625. The third kappa shape index (κ3) is 3.28. The molecule has 2 aliphatic rings. The first kappa shape index (κ1) is 12.9. The maximum atomic E-state index is 5.63. The molecule has 0 unspecified atom stereocenters. The van der Waals surface area contributed by atoms with E-state index < -0.39 is 0 Å². The fourth-order valence-electron chi connectivity index (χ4n) is 2.88. The van der Waals surface area contributed by atoms with Crippen LogP contribution in [0.15, 0.2) is 18.2 Å². The number of benzene rings is 1. The lowest BCUT2D eigenvalue weighted by atomic mass is 10.1. The number of hydrogen-bond donors (Lipinski definition) is 1. The Morgan fingerprint density at radius 1 is 1.26 bits per heavy atom. The zero-order valence-electron chi connectivity index (χ0n) is 11.6. The highest BCUT2D eigenvalue weighted by Gasteiger charge is 2.28. The van der Waals surface area contributed by atoms with E-state index in [0.29, 0.717) is 0 Å². The molecule has 0 radical (unpaired) electrons. The summed E-state index contributed by atoms with van der Waals surface area (Å²) in [6.45, 7) is 3.99. The fourth-order valence-corrected chi connectivity index (χ4v) is 2.88. The van der Waals surface area contributed by atoms with E-state index in [1.165, 1.54) is 30.5 Å². The number of nitrogens with zero attached hydrogens (tertiary/aromatic N) is 1. The van der Waals surface area contributed by atoms with E-state index in [1.807, 2.05) is 0 Å². The van der Waals surface area contributed by atoms with Gasteiger partial charge in [-0.15, -0.1) is 0 Å². The molecule has 104 valence electrons. The third-order valence-corrected chi connectivity index (χ3v) is 4.15. The average molecular weight is 260 g/mol. The van der Waals surface area contributed by atoms with Crippen molar-refractivity contribution in [1.29, 1.82) is 0 Å². The molecule has 0 saturated heterocycles. The minimum Gasteiger partial charge on any atom is -0.493 e. The van der Waals surface area contributed by atoms with Crippen LogP contribution < -0.4 is 10.5 Å². The van der Waals surface area contributed by atoms with Gasteiger partial charge in [-0.1, -0.05) is 12.1 Å². The van der Waals surface area contributed by atoms with E-state index in [2.05, 4.69) is 23.1 Å². The second kappa shape index (κ2) is 5.93. The lowest BCUT2D eigenvalue weighted by Gasteiger charge is -2.21. The summed E-state index contributed by atoms with van der Waals surface area (Å²) >= 11 is 0. The van der Waals surface area contributed by atoms with Crippen LogP contribution in [-0.4, -0.2) is 37.2 Å². The van der Waals surface area contributed by atoms with Crippen molar-refractivity contribution in [3.63, 3.8) is 0 Å². The van der Waals surface area contributed by atoms with Crippen molar-refractivity contribution in [3.8, 4) is 5.75 Å². The van der Waals surface area contributed by atoms with E-state index in [4.69, 9.17) is 10.5 Å². The standard InChI is InChI=1S/C16H24N2O/c17-8-1-9-18(15-3-4-15)10-6-13-2-5-16-14(12-13)7-11-19-16/h2,5,12,15H,1,3-4,6-11,17H2. The predicted octanol–water partition coefficient (Wildman–Crippen LogP) is 1.98.